The minimum Gasteiger partial charge on any atom is -0.196 e. The van der Waals surface area contributed by atoms with Gasteiger partial charge in [0.25, 0.3) is 0 Å². The topological polar surface area (TPSA) is 0 Å². The smallest absolute Gasteiger partial charge is 0.196 e. The summed E-state index contributed by atoms with van der Waals surface area (Å²) in [5, 5.41) is -1.98. The third-order valence-electron chi connectivity index (χ3n) is 3.19. The van der Waals surface area contributed by atoms with Crippen LogP contribution in [0.25, 0.3) is 0 Å². The molecular formula is C14H16F10S. The maximum atomic E-state index is 12.9. The van der Waals surface area contributed by atoms with Crippen molar-refractivity contribution in [3.63, 3.8) is 0 Å². The van der Waals surface area contributed by atoms with Crippen molar-refractivity contribution < 1.29 is 43.9 Å². The molecule has 0 saturated carbocycles. The van der Waals surface area contributed by atoms with Gasteiger partial charge in [0.05, 0.1) is 0 Å². The van der Waals surface area contributed by atoms with Gasteiger partial charge in [0, 0.05) is 23.3 Å². The Morgan fingerprint density at radius 1 is 0.640 bits per heavy atom. The van der Waals surface area contributed by atoms with Crippen molar-refractivity contribution in [2.45, 2.75) is 60.4 Å². The van der Waals surface area contributed by atoms with Crippen molar-refractivity contribution in [1.82, 2.24) is 0 Å². The normalized spacial score (nSPS) is 16.4. The Balaban J connectivity index is 4.72. The molecule has 0 aliphatic rings. The zero-order valence-electron chi connectivity index (χ0n) is 12.7. The van der Waals surface area contributed by atoms with E-state index in [2.05, 4.69) is 13.2 Å². The molecule has 0 bridgehead atoms. The summed E-state index contributed by atoms with van der Waals surface area (Å²) in [5.41, 5.74) is 0. The van der Waals surface area contributed by atoms with Gasteiger partial charge in [-0.3, -0.25) is 0 Å². The highest BCUT2D eigenvalue weighted by atomic mass is 32.2. The monoisotopic (exact) mass is 406 g/mol. The van der Waals surface area contributed by atoms with Crippen LogP contribution in [0.5, 0.6) is 0 Å². The Morgan fingerprint density at radius 2 is 0.920 bits per heavy atom. The van der Waals surface area contributed by atoms with Gasteiger partial charge in [0.15, 0.2) is 0 Å². The van der Waals surface area contributed by atoms with Crippen molar-refractivity contribution in [2.75, 3.05) is 0 Å². The quantitative estimate of drug-likeness (QED) is 0.285. The fourth-order valence-electron chi connectivity index (χ4n) is 1.64. The second-order valence-electron chi connectivity index (χ2n) is 5.17. The van der Waals surface area contributed by atoms with Gasteiger partial charge in [-0.05, 0) is 12.8 Å². The fourth-order valence-corrected chi connectivity index (χ4v) is 2.82. The van der Waals surface area contributed by atoms with E-state index in [0.29, 0.717) is 11.8 Å². The Hall–Kier alpha value is -0.870. The van der Waals surface area contributed by atoms with E-state index in [-0.39, 0.29) is 0 Å². The molecule has 0 nitrogen and oxygen atoms in total. The fraction of sp³-hybridized carbons (Fsp3) is 0.714. The van der Waals surface area contributed by atoms with Gasteiger partial charge in [0.1, 0.15) is 0 Å². The summed E-state index contributed by atoms with van der Waals surface area (Å²) in [6, 6.07) is 0. The van der Waals surface area contributed by atoms with E-state index in [1.807, 2.05) is 0 Å². The average molecular weight is 406 g/mol. The van der Waals surface area contributed by atoms with Gasteiger partial charge >= 0.3 is 24.2 Å². The highest BCUT2D eigenvalue weighted by molar-refractivity contribution is 8.00. The summed E-state index contributed by atoms with van der Waals surface area (Å²) in [6.45, 7) is 6.50. The number of hydrogen-bond acceptors (Lipinski definition) is 1. The molecule has 25 heavy (non-hydrogen) atoms. The lowest BCUT2D eigenvalue weighted by Gasteiger charge is -2.24. The number of thioether (sulfide) groups is 1. The van der Waals surface area contributed by atoms with Crippen LogP contribution in [0.2, 0.25) is 0 Å². The first-order valence-corrected chi connectivity index (χ1v) is 7.81. The first-order chi connectivity index (χ1) is 11.1. The maximum absolute atomic E-state index is 12.9. The van der Waals surface area contributed by atoms with Crippen LogP contribution >= 0.6 is 11.8 Å². The molecule has 0 N–H and O–H groups in total. The van der Waals surface area contributed by atoms with Gasteiger partial charge in [-0.2, -0.15) is 43.9 Å². The van der Waals surface area contributed by atoms with Gasteiger partial charge in [-0.15, -0.1) is 24.9 Å². The van der Waals surface area contributed by atoms with Crippen LogP contribution in [0.3, 0.4) is 0 Å². The second kappa shape index (κ2) is 8.68. The molecule has 0 aromatic rings. The van der Waals surface area contributed by atoms with Crippen molar-refractivity contribution in [3.05, 3.63) is 25.3 Å². The molecular weight excluding hydrogens is 390 g/mol. The molecule has 0 fully saturated rings. The highest BCUT2D eigenvalue weighted by Gasteiger charge is 2.57. The predicted molar refractivity (Wildman–Crippen MR) is 76.0 cm³/mol. The molecule has 0 rings (SSSR count). The van der Waals surface area contributed by atoms with Gasteiger partial charge in [-0.25, -0.2) is 0 Å². The van der Waals surface area contributed by atoms with E-state index in [4.69, 9.17) is 0 Å². The van der Waals surface area contributed by atoms with E-state index in [1.54, 1.807) is 0 Å². The lowest BCUT2D eigenvalue weighted by molar-refractivity contribution is -0.284. The first kappa shape index (κ1) is 24.1. The molecule has 0 aromatic carbocycles. The Morgan fingerprint density at radius 3 is 1.12 bits per heavy atom. The van der Waals surface area contributed by atoms with Crippen LogP contribution in [0.15, 0.2) is 25.3 Å². The SMILES string of the molecule is C=CC(CCC(F)(F)C(F)(F)F)SC(C=C)CCC(F)(F)C(F)(F)F. The zero-order chi connectivity index (χ0) is 20.1. The summed E-state index contributed by atoms with van der Waals surface area (Å²) >= 11 is 0.655. The second-order valence-corrected chi connectivity index (χ2v) is 6.65. The third kappa shape index (κ3) is 7.49. The third-order valence-corrected chi connectivity index (χ3v) is 4.75. The Kier molecular flexibility index (Phi) is 8.38. The Bertz CT molecular complexity index is 398. The van der Waals surface area contributed by atoms with Crippen molar-refractivity contribution in [1.29, 1.82) is 0 Å². The predicted octanol–water partition coefficient (Wildman–Crippen LogP) is 6.78. The van der Waals surface area contributed by atoms with Gasteiger partial charge in [0.2, 0.25) is 0 Å². The highest BCUT2D eigenvalue weighted by Crippen LogP contribution is 2.42. The Labute approximate surface area is 142 Å². The summed E-state index contributed by atoms with van der Waals surface area (Å²) in [5.74, 6) is -9.86. The average Bonchev–Trinajstić information content (AvgIpc) is 2.44. The van der Waals surface area contributed by atoms with Crippen LogP contribution in [0, 0.1) is 0 Å². The molecule has 0 aromatic heterocycles. The number of halogens is 10. The minimum absolute atomic E-state index is 0.655. The van der Waals surface area contributed by atoms with E-state index in [1.165, 1.54) is 0 Å². The molecule has 0 saturated heterocycles. The molecule has 0 aliphatic carbocycles. The van der Waals surface area contributed by atoms with Gasteiger partial charge < -0.3 is 0 Å². The molecule has 0 spiro atoms. The largest absolute Gasteiger partial charge is 0.453 e. The van der Waals surface area contributed by atoms with Crippen molar-refractivity contribution in [3.8, 4) is 0 Å². The zero-order valence-corrected chi connectivity index (χ0v) is 13.6. The van der Waals surface area contributed by atoms with Crippen molar-refractivity contribution >= 4 is 11.8 Å². The molecule has 0 radical (unpaired) electrons. The van der Waals surface area contributed by atoms with E-state index >= 15 is 0 Å². The van der Waals surface area contributed by atoms with E-state index in [9.17, 15) is 43.9 Å². The van der Waals surface area contributed by atoms with Crippen molar-refractivity contribution in [2.24, 2.45) is 0 Å². The standard InChI is InChI=1S/C14H16F10S/c1-3-9(5-7-11(15,16)13(19,20)21)25-10(4-2)6-8-12(17,18)14(22,23)24/h3-4,9-10H,1-2,5-8H2. The van der Waals surface area contributed by atoms with E-state index < -0.39 is 60.4 Å². The molecule has 148 valence electrons. The molecule has 0 amide bonds. The summed E-state index contributed by atoms with van der Waals surface area (Å²) in [7, 11) is 0. The lowest BCUT2D eigenvalue weighted by Crippen LogP contribution is -2.37. The maximum Gasteiger partial charge on any atom is 0.453 e. The molecule has 2 unspecified atom stereocenters. The molecule has 11 heteroatoms. The molecule has 0 heterocycles. The number of alkyl halides is 10. The minimum atomic E-state index is -5.73. The van der Waals surface area contributed by atoms with Crippen LogP contribution in [0.1, 0.15) is 25.7 Å². The first-order valence-electron chi connectivity index (χ1n) is 6.87. The van der Waals surface area contributed by atoms with Crippen LogP contribution in [-0.4, -0.2) is 34.7 Å². The summed E-state index contributed by atoms with van der Waals surface area (Å²) < 4.78 is 124. The summed E-state index contributed by atoms with van der Waals surface area (Å²) in [6.07, 6.45) is -13.8. The van der Waals surface area contributed by atoms with Crippen LogP contribution in [-0.2, 0) is 0 Å². The van der Waals surface area contributed by atoms with Crippen LogP contribution in [0.4, 0.5) is 43.9 Å². The van der Waals surface area contributed by atoms with Gasteiger partial charge in [-0.1, -0.05) is 12.2 Å². The summed E-state index contributed by atoms with van der Waals surface area (Å²) in [4.78, 5) is 0. The lowest BCUT2D eigenvalue weighted by atomic mass is 10.1. The number of hydrogen-bond donors (Lipinski definition) is 0. The molecule has 0 aliphatic heterocycles. The van der Waals surface area contributed by atoms with Crippen LogP contribution < -0.4 is 0 Å². The number of rotatable bonds is 10. The van der Waals surface area contributed by atoms with E-state index in [0.717, 1.165) is 12.2 Å². The molecule has 2 atom stereocenters.